The molecule has 0 saturated carbocycles. The summed E-state index contributed by atoms with van der Waals surface area (Å²) in [4.78, 5) is 12.8. The van der Waals surface area contributed by atoms with Crippen LogP contribution in [0.5, 0.6) is 0 Å². The Balaban J connectivity index is 3.07. The average Bonchev–Trinajstić information content (AvgIpc) is 2.26. The van der Waals surface area contributed by atoms with E-state index < -0.39 is 11.5 Å². The highest BCUT2D eigenvalue weighted by Crippen LogP contribution is 2.29. The van der Waals surface area contributed by atoms with E-state index in [1.54, 1.807) is 44.9 Å². The van der Waals surface area contributed by atoms with E-state index in [0.29, 0.717) is 10.0 Å². The summed E-state index contributed by atoms with van der Waals surface area (Å²) in [5, 5.41) is 9.18. The van der Waals surface area contributed by atoms with E-state index in [1.165, 1.54) is 6.07 Å². The Morgan fingerprint density at radius 2 is 2.06 bits per heavy atom. The SMILES string of the molecule is CC(c1ccc(Br)cc1F)N(C)C(C)(C)C(=O)O. The molecule has 0 bridgehead atoms. The fraction of sp³-hybridized carbons (Fsp3) is 0.462. The highest BCUT2D eigenvalue weighted by Gasteiger charge is 2.35. The van der Waals surface area contributed by atoms with E-state index in [-0.39, 0.29) is 11.9 Å². The third-order valence-electron chi connectivity index (χ3n) is 3.40. The second kappa shape index (κ2) is 5.36. The Morgan fingerprint density at radius 1 is 1.50 bits per heavy atom. The second-order valence-electron chi connectivity index (χ2n) is 4.82. The molecule has 0 aromatic heterocycles. The second-order valence-corrected chi connectivity index (χ2v) is 5.73. The number of carboxylic acid groups (broad SMARTS) is 1. The standard InChI is InChI=1S/C13H17BrFNO2/c1-8(16(4)13(2,3)12(17)18)10-6-5-9(14)7-11(10)15/h5-8H,1-4H3,(H,17,18). The summed E-state index contributed by atoms with van der Waals surface area (Å²) in [5.74, 6) is -1.28. The summed E-state index contributed by atoms with van der Waals surface area (Å²) >= 11 is 3.20. The average molecular weight is 318 g/mol. The van der Waals surface area contributed by atoms with Gasteiger partial charge in [0.1, 0.15) is 11.4 Å². The molecule has 100 valence electrons. The monoisotopic (exact) mass is 317 g/mol. The first-order valence-electron chi connectivity index (χ1n) is 5.59. The van der Waals surface area contributed by atoms with Crippen molar-refractivity contribution < 1.29 is 14.3 Å². The number of rotatable bonds is 4. The Morgan fingerprint density at radius 3 is 2.50 bits per heavy atom. The van der Waals surface area contributed by atoms with Crippen molar-refractivity contribution in [2.75, 3.05) is 7.05 Å². The minimum atomic E-state index is -1.06. The molecule has 1 aromatic rings. The zero-order chi connectivity index (χ0) is 14.1. The number of carboxylic acids is 1. The molecule has 1 aromatic carbocycles. The van der Waals surface area contributed by atoms with Gasteiger partial charge in [0.05, 0.1) is 0 Å². The van der Waals surface area contributed by atoms with Crippen molar-refractivity contribution >= 4 is 21.9 Å². The predicted molar refractivity (Wildman–Crippen MR) is 72.0 cm³/mol. The van der Waals surface area contributed by atoms with Crippen LogP contribution < -0.4 is 0 Å². The van der Waals surface area contributed by atoms with Crippen LogP contribution in [0.3, 0.4) is 0 Å². The van der Waals surface area contributed by atoms with E-state index >= 15 is 0 Å². The highest BCUT2D eigenvalue weighted by molar-refractivity contribution is 9.10. The Hall–Kier alpha value is -0.940. The summed E-state index contributed by atoms with van der Waals surface area (Å²) in [7, 11) is 1.68. The van der Waals surface area contributed by atoms with Gasteiger partial charge in [-0.3, -0.25) is 9.69 Å². The van der Waals surface area contributed by atoms with Crippen LogP contribution >= 0.6 is 15.9 Å². The minimum absolute atomic E-state index is 0.329. The topological polar surface area (TPSA) is 40.5 Å². The molecule has 0 aliphatic rings. The maximum Gasteiger partial charge on any atom is 0.323 e. The Labute approximate surface area is 115 Å². The smallest absolute Gasteiger partial charge is 0.323 e. The molecule has 0 fully saturated rings. The van der Waals surface area contributed by atoms with Gasteiger partial charge in [0.25, 0.3) is 0 Å². The number of likely N-dealkylation sites (N-methyl/N-ethyl adjacent to an activating group) is 1. The van der Waals surface area contributed by atoms with Crippen LogP contribution in [0, 0.1) is 5.82 Å². The lowest BCUT2D eigenvalue weighted by atomic mass is 9.98. The molecule has 0 aliphatic carbocycles. The third-order valence-corrected chi connectivity index (χ3v) is 3.89. The minimum Gasteiger partial charge on any atom is -0.480 e. The summed E-state index contributed by atoms with van der Waals surface area (Å²) in [5.41, 5.74) is -0.575. The number of halogens is 2. The van der Waals surface area contributed by atoms with E-state index in [1.807, 2.05) is 0 Å². The molecule has 18 heavy (non-hydrogen) atoms. The molecule has 5 heteroatoms. The van der Waals surface area contributed by atoms with E-state index in [0.717, 1.165) is 0 Å². The number of nitrogens with zero attached hydrogens (tertiary/aromatic N) is 1. The van der Waals surface area contributed by atoms with Crippen LogP contribution in [0.2, 0.25) is 0 Å². The molecule has 0 amide bonds. The van der Waals surface area contributed by atoms with Crippen molar-refractivity contribution in [3.05, 3.63) is 34.1 Å². The molecule has 0 aliphatic heterocycles. The van der Waals surface area contributed by atoms with Gasteiger partial charge in [-0.1, -0.05) is 22.0 Å². The van der Waals surface area contributed by atoms with Crippen molar-refractivity contribution in [2.24, 2.45) is 0 Å². The lowest BCUT2D eigenvalue weighted by Gasteiger charge is -2.36. The maximum absolute atomic E-state index is 13.8. The first kappa shape index (κ1) is 15.1. The molecule has 3 nitrogen and oxygen atoms in total. The van der Waals surface area contributed by atoms with Crippen molar-refractivity contribution in [1.82, 2.24) is 4.90 Å². The van der Waals surface area contributed by atoms with Gasteiger partial charge in [0, 0.05) is 16.1 Å². The van der Waals surface area contributed by atoms with Crippen LogP contribution in [0.25, 0.3) is 0 Å². The van der Waals surface area contributed by atoms with Gasteiger partial charge in [-0.25, -0.2) is 4.39 Å². The maximum atomic E-state index is 13.8. The Kier molecular flexibility index (Phi) is 4.50. The fourth-order valence-electron chi connectivity index (χ4n) is 1.68. The van der Waals surface area contributed by atoms with Gasteiger partial charge in [0.15, 0.2) is 0 Å². The molecule has 1 atom stereocenters. The number of carbonyl (C=O) groups is 1. The van der Waals surface area contributed by atoms with Gasteiger partial charge in [0.2, 0.25) is 0 Å². The van der Waals surface area contributed by atoms with Crippen LogP contribution in [-0.4, -0.2) is 28.6 Å². The zero-order valence-electron chi connectivity index (χ0n) is 10.9. The van der Waals surface area contributed by atoms with Gasteiger partial charge in [-0.05, 0) is 40.0 Å². The first-order valence-corrected chi connectivity index (χ1v) is 6.38. The van der Waals surface area contributed by atoms with Crippen molar-refractivity contribution in [2.45, 2.75) is 32.4 Å². The van der Waals surface area contributed by atoms with E-state index in [9.17, 15) is 14.3 Å². The van der Waals surface area contributed by atoms with Crippen molar-refractivity contribution in [3.8, 4) is 0 Å². The molecule has 0 spiro atoms. The lowest BCUT2D eigenvalue weighted by Crippen LogP contribution is -2.49. The van der Waals surface area contributed by atoms with Gasteiger partial charge >= 0.3 is 5.97 Å². The largest absolute Gasteiger partial charge is 0.480 e. The van der Waals surface area contributed by atoms with Crippen LogP contribution in [0.15, 0.2) is 22.7 Å². The van der Waals surface area contributed by atoms with Crippen molar-refractivity contribution in [3.63, 3.8) is 0 Å². The van der Waals surface area contributed by atoms with Crippen LogP contribution in [0.4, 0.5) is 4.39 Å². The summed E-state index contributed by atoms with van der Waals surface area (Å²) < 4.78 is 14.5. The lowest BCUT2D eigenvalue weighted by molar-refractivity contribution is -0.149. The summed E-state index contributed by atoms with van der Waals surface area (Å²) in [6.07, 6.45) is 0. The van der Waals surface area contributed by atoms with Crippen LogP contribution in [-0.2, 0) is 4.79 Å². The van der Waals surface area contributed by atoms with E-state index in [4.69, 9.17) is 0 Å². The molecular formula is C13H17BrFNO2. The Bertz CT molecular complexity index is 462. The van der Waals surface area contributed by atoms with Gasteiger partial charge in [-0.15, -0.1) is 0 Å². The molecule has 0 saturated heterocycles. The number of hydrogen-bond acceptors (Lipinski definition) is 2. The van der Waals surface area contributed by atoms with Crippen molar-refractivity contribution in [1.29, 1.82) is 0 Å². The zero-order valence-corrected chi connectivity index (χ0v) is 12.5. The normalized spacial score (nSPS) is 13.7. The quantitative estimate of drug-likeness (QED) is 0.924. The summed E-state index contributed by atoms with van der Waals surface area (Å²) in [6, 6.07) is 4.46. The molecule has 1 N–H and O–H groups in total. The molecule has 1 rings (SSSR count). The fourth-order valence-corrected chi connectivity index (χ4v) is 2.02. The number of aliphatic carboxylic acids is 1. The summed E-state index contributed by atoms with van der Waals surface area (Å²) in [6.45, 7) is 4.99. The molecule has 1 unspecified atom stereocenters. The highest BCUT2D eigenvalue weighted by atomic mass is 79.9. The molecular weight excluding hydrogens is 301 g/mol. The predicted octanol–water partition coefficient (Wildman–Crippen LogP) is 3.44. The molecule has 0 heterocycles. The number of hydrogen-bond donors (Lipinski definition) is 1. The van der Waals surface area contributed by atoms with E-state index in [2.05, 4.69) is 15.9 Å². The third kappa shape index (κ3) is 2.90. The van der Waals surface area contributed by atoms with Gasteiger partial charge in [-0.2, -0.15) is 0 Å². The number of benzene rings is 1. The molecule has 0 radical (unpaired) electrons. The van der Waals surface area contributed by atoms with Gasteiger partial charge < -0.3 is 5.11 Å². The first-order chi connectivity index (χ1) is 8.17. The van der Waals surface area contributed by atoms with Crippen LogP contribution in [0.1, 0.15) is 32.4 Å².